The fourth-order valence-electron chi connectivity index (χ4n) is 5.39. The zero-order valence-electron chi connectivity index (χ0n) is 25.4. The van der Waals surface area contributed by atoms with Crippen molar-refractivity contribution in [2.45, 2.75) is 104 Å². The minimum Gasteiger partial charge on any atom is -0.491 e. The van der Waals surface area contributed by atoms with Gasteiger partial charge in [-0.05, 0) is 78.9 Å². The summed E-state index contributed by atoms with van der Waals surface area (Å²) in [5.74, 6) is -1.43. The van der Waals surface area contributed by atoms with Crippen molar-refractivity contribution in [1.82, 2.24) is 9.13 Å². The third-order valence-corrected chi connectivity index (χ3v) is 9.03. The number of aryl methyl sites for hydroxylation is 1. The molecule has 3 aromatic rings. The number of carbonyl (C=O) groups excluding carboxylic acids is 1. The average molecular weight is 617 g/mol. The first kappa shape index (κ1) is 32.4. The molecule has 0 bridgehead atoms. The molecule has 0 amide bonds. The Bertz CT molecular complexity index is 1610. The van der Waals surface area contributed by atoms with Gasteiger partial charge in [-0.2, -0.15) is 0 Å². The Morgan fingerprint density at radius 2 is 1.77 bits per heavy atom. The molecule has 1 aliphatic carbocycles. The van der Waals surface area contributed by atoms with E-state index in [0.29, 0.717) is 42.6 Å². The highest BCUT2D eigenvalue weighted by molar-refractivity contribution is 7.20. The molecule has 43 heavy (non-hydrogen) atoms. The van der Waals surface area contributed by atoms with Gasteiger partial charge >= 0.3 is 17.6 Å². The fraction of sp³-hybridized carbons (Fsp3) is 0.548. The lowest BCUT2D eigenvalue weighted by molar-refractivity contribution is -0.146. The van der Waals surface area contributed by atoms with E-state index in [9.17, 15) is 29.4 Å². The number of aromatic nitrogens is 2. The second-order valence-corrected chi connectivity index (χ2v) is 12.6. The number of fused-ring (bicyclic) bond motifs is 1. The van der Waals surface area contributed by atoms with E-state index in [2.05, 4.69) is 0 Å². The first-order valence-electron chi connectivity index (χ1n) is 14.6. The molecule has 2 heterocycles. The molecular weight excluding hydrogens is 576 g/mol. The minimum absolute atomic E-state index is 0.0771. The van der Waals surface area contributed by atoms with E-state index >= 15 is 0 Å². The lowest BCUT2D eigenvalue weighted by Gasteiger charge is -2.31. The number of hydrogen-bond acceptors (Lipinski definition) is 9. The van der Waals surface area contributed by atoms with Gasteiger partial charge in [0.1, 0.15) is 27.1 Å². The number of aliphatic hydroxyl groups is 1. The third kappa shape index (κ3) is 6.56. The van der Waals surface area contributed by atoms with Gasteiger partial charge in [-0.25, -0.2) is 19.0 Å². The number of rotatable bonds is 11. The number of aliphatic hydroxyl groups excluding tert-OH is 1. The van der Waals surface area contributed by atoms with Crippen molar-refractivity contribution in [2.75, 3.05) is 6.61 Å². The van der Waals surface area contributed by atoms with Crippen molar-refractivity contribution in [2.24, 2.45) is 0 Å². The number of carboxylic acids is 1. The molecule has 0 spiro atoms. The Labute approximate surface area is 253 Å². The number of carbonyl (C=O) groups is 2. The fourth-order valence-corrected chi connectivity index (χ4v) is 6.59. The summed E-state index contributed by atoms with van der Waals surface area (Å²) < 4.78 is 20.0. The van der Waals surface area contributed by atoms with Crippen LogP contribution in [0.4, 0.5) is 0 Å². The molecule has 1 atom stereocenters. The van der Waals surface area contributed by atoms with Crippen molar-refractivity contribution in [1.29, 1.82) is 0 Å². The Kier molecular flexibility index (Phi) is 9.83. The molecule has 1 aliphatic rings. The highest BCUT2D eigenvalue weighted by Crippen LogP contribution is 2.36. The van der Waals surface area contributed by atoms with E-state index in [1.165, 1.54) is 18.4 Å². The number of nitrogens with zero attached hydrogens (tertiary/aromatic N) is 2. The normalized spacial score (nSPS) is 18.1. The number of benzene rings is 1. The van der Waals surface area contributed by atoms with E-state index < -0.39 is 40.9 Å². The van der Waals surface area contributed by atoms with E-state index in [4.69, 9.17) is 14.2 Å². The zero-order chi connectivity index (χ0) is 31.6. The van der Waals surface area contributed by atoms with Gasteiger partial charge in [0.15, 0.2) is 0 Å². The van der Waals surface area contributed by atoms with Crippen LogP contribution in [0.1, 0.15) is 87.2 Å². The van der Waals surface area contributed by atoms with Crippen molar-refractivity contribution in [3.05, 3.63) is 61.1 Å². The largest absolute Gasteiger partial charge is 0.491 e. The molecule has 11 nitrogen and oxygen atoms in total. The summed E-state index contributed by atoms with van der Waals surface area (Å²) in [6.45, 7) is 9.66. The van der Waals surface area contributed by atoms with Crippen LogP contribution in [0.25, 0.3) is 10.2 Å². The SMILES string of the molecule is CCOC(=O)c1sc2c(c1C)c(=O)n(C(C)(C)C(=O)O)c(=O)n2C[C@H](O[C@H]1CC[C@@H](O)CC1)c1ccccc1OC(C)C. The van der Waals surface area contributed by atoms with Crippen LogP contribution in [0.15, 0.2) is 33.9 Å². The van der Waals surface area contributed by atoms with Gasteiger partial charge in [0.25, 0.3) is 5.56 Å². The topological polar surface area (TPSA) is 146 Å². The van der Waals surface area contributed by atoms with Crippen LogP contribution in [0.5, 0.6) is 5.75 Å². The maximum Gasteiger partial charge on any atom is 0.348 e. The molecular formula is C31H40N2O9S. The van der Waals surface area contributed by atoms with Crippen LogP contribution in [0.3, 0.4) is 0 Å². The summed E-state index contributed by atoms with van der Waals surface area (Å²) in [7, 11) is 0. The van der Waals surface area contributed by atoms with E-state index in [1.54, 1.807) is 13.8 Å². The molecule has 0 saturated heterocycles. The molecule has 1 aromatic carbocycles. The van der Waals surface area contributed by atoms with Gasteiger partial charge in [0.2, 0.25) is 0 Å². The Morgan fingerprint density at radius 1 is 1.12 bits per heavy atom. The van der Waals surface area contributed by atoms with Crippen molar-refractivity contribution >= 4 is 33.5 Å². The second kappa shape index (κ2) is 13.0. The Morgan fingerprint density at radius 3 is 2.37 bits per heavy atom. The molecule has 2 N–H and O–H groups in total. The van der Waals surface area contributed by atoms with Crippen LogP contribution in [0.2, 0.25) is 0 Å². The number of aliphatic carboxylic acids is 1. The minimum atomic E-state index is -1.89. The molecule has 1 fully saturated rings. The predicted molar refractivity (Wildman–Crippen MR) is 162 cm³/mol. The number of esters is 1. The smallest absolute Gasteiger partial charge is 0.348 e. The molecule has 234 valence electrons. The quantitative estimate of drug-likeness (QED) is 0.300. The number of ether oxygens (including phenoxy) is 3. The van der Waals surface area contributed by atoms with E-state index in [-0.39, 0.29) is 40.5 Å². The summed E-state index contributed by atoms with van der Waals surface area (Å²) in [6, 6.07) is 7.34. The number of thiophene rings is 1. The number of carboxylic acid groups (broad SMARTS) is 1. The summed E-state index contributed by atoms with van der Waals surface area (Å²) in [6.07, 6.45) is 0.891. The zero-order valence-corrected chi connectivity index (χ0v) is 26.2. The second-order valence-electron chi connectivity index (χ2n) is 11.6. The van der Waals surface area contributed by atoms with E-state index in [0.717, 1.165) is 15.9 Å². The Hall–Kier alpha value is -3.48. The number of para-hydroxylation sites is 1. The van der Waals surface area contributed by atoms with Gasteiger partial charge in [-0.1, -0.05) is 18.2 Å². The maximum atomic E-state index is 14.2. The van der Waals surface area contributed by atoms with Crippen molar-refractivity contribution < 1.29 is 34.0 Å². The average Bonchev–Trinajstić information content (AvgIpc) is 3.29. The standard InChI is InChI=1S/C31H40N2O9S/c1-7-40-28(36)25-18(4)24-26(35)33(31(5,6)29(37)38)30(39)32(27(24)43-25)16-23(42-20-14-12-19(34)13-15-20)21-10-8-9-11-22(21)41-17(2)3/h8-11,17,19-20,23,34H,7,12-16H2,1-6H3,(H,37,38)/t19-,20+,23-/m0/s1. The monoisotopic (exact) mass is 616 g/mol. The lowest BCUT2D eigenvalue weighted by Crippen LogP contribution is -2.52. The number of hydrogen-bond donors (Lipinski definition) is 2. The van der Waals surface area contributed by atoms with Crippen molar-refractivity contribution in [3.8, 4) is 5.75 Å². The first-order chi connectivity index (χ1) is 20.3. The predicted octanol–water partition coefficient (Wildman–Crippen LogP) is 4.38. The molecule has 0 radical (unpaired) electrons. The highest BCUT2D eigenvalue weighted by atomic mass is 32.1. The Balaban J connectivity index is 1.98. The molecule has 4 rings (SSSR count). The van der Waals surface area contributed by atoms with Crippen LogP contribution in [0, 0.1) is 6.92 Å². The summed E-state index contributed by atoms with van der Waals surface area (Å²) in [5.41, 5.74) is -2.53. The summed E-state index contributed by atoms with van der Waals surface area (Å²) >= 11 is 0.961. The molecule has 12 heteroatoms. The van der Waals surface area contributed by atoms with Crippen LogP contribution in [-0.2, 0) is 26.4 Å². The highest BCUT2D eigenvalue weighted by Gasteiger charge is 2.37. The summed E-state index contributed by atoms with van der Waals surface area (Å²) in [4.78, 5) is 53.5. The lowest BCUT2D eigenvalue weighted by atomic mass is 9.94. The van der Waals surface area contributed by atoms with Crippen LogP contribution in [-0.4, -0.2) is 56.2 Å². The molecule has 2 aromatic heterocycles. The first-order valence-corrected chi connectivity index (χ1v) is 15.4. The summed E-state index contributed by atoms with van der Waals surface area (Å²) in [5, 5.41) is 20.2. The van der Waals surface area contributed by atoms with E-state index in [1.807, 2.05) is 38.1 Å². The molecule has 0 unspecified atom stereocenters. The van der Waals surface area contributed by atoms with Crippen molar-refractivity contribution in [3.63, 3.8) is 0 Å². The maximum absolute atomic E-state index is 14.2. The van der Waals surface area contributed by atoms with Gasteiger partial charge in [-0.15, -0.1) is 11.3 Å². The van der Waals surface area contributed by atoms with Gasteiger partial charge in [0, 0.05) is 5.56 Å². The van der Waals surface area contributed by atoms with Gasteiger partial charge in [-0.3, -0.25) is 9.36 Å². The third-order valence-electron chi connectivity index (χ3n) is 7.73. The molecule has 1 saturated carbocycles. The van der Waals surface area contributed by atoms with Crippen LogP contribution < -0.4 is 16.0 Å². The molecule has 0 aliphatic heterocycles. The van der Waals surface area contributed by atoms with Gasteiger partial charge < -0.3 is 24.4 Å². The van der Waals surface area contributed by atoms with Crippen LogP contribution >= 0.6 is 11.3 Å². The van der Waals surface area contributed by atoms with Gasteiger partial charge in [0.05, 0.1) is 36.8 Å².